The van der Waals surface area contributed by atoms with E-state index in [1.807, 2.05) is 13.8 Å². The van der Waals surface area contributed by atoms with Gasteiger partial charge in [0.1, 0.15) is 5.75 Å². The molecule has 0 unspecified atom stereocenters. The lowest BCUT2D eigenvalue weighted by molar-refractivity contribution is 0.466. The Bertz CT molecular complexity index is 826. The Morgan fingerprint density at radius 1 is 0.810 bits per heavy atom. The molecule has 2 aromatic rings. The highest BCUT2D eigenvalue weighted by atomic mass is 16.3. The van der Waals surface area contributed by atoms with Crippen LogP contribution in [0.2, 0.25) is 0 Å². The maximum Gasteiger partial charge on any atom is 0.121 e. The molecule has 0 saturated heterocycles. The van der Waals surface area contributed by atoms with Gasteiger partial charge in [-0.1, -0.05) is 12.6 Å². The van der Waals surface area contributed by atoms with E-state index in [0.29, 0.717) is 5.75 Å². The van der Waals surface area contributed by atoms with Gasteiger partial charge in [0.05, 0.1) is 0 Å². The van der Waals surface area contributed by atoms with E-state index in [4.69, 9.17) is 0 Å². The van der Waals surface area contributed by atoms with Crippen molar-refractivity contribution in [3.63, 3.8) is 0 Å². The van der Waals surface area contributed by atoms with Crippen molar-refractivity contribution in [3.8, 4) is 5.75 Å². The fourth-order valence-electron chi connectivity index (χ4n) is 2.73. The number of hydrogen-bond donors (Lipinski definition) is 1. The van der Waals surface area contributed by atoms with Gasteiger partial charge in [-0.15, -0.1) is 0 Å². The van der Waals surface area contributed by atoms with Crippen LogP contribution in [0.1, 0.15) is 38.9 Å². The topological polar surface area (TPSA) is 20.2 Å². The van der Waals surface area contributed by atoms with Crippen LogP contribution in [0, 0.1) is 41.5 Å². The van der Waals surface area contributed by atoms with Crippen LogP contribution in [0.25, 0.3) is 12.7 Å². The van der Waals surface area contributed by atoms with Crippen molar-refractivity contribution in [1.82, 2.24) is 0 Å². The number of phenolic OH excluding ortho intramolecular Hbond substituents is 1. The second-order valence-electron chi connectivity index (χ2n) is 6.04. The molecule has 110 valence electrons. The number of benzene rings is 2. The van der Waals surface area contributed by atoms with Gasteiger partial charge in [0.15, 0.2) is 0 Å². The fraction of sp³-hybridized carbons (Fsp3) is 0.300. The zero-order valence-corrected chi connectivity index (χ0v) is 13.9. The predicted octanol–water partition coefficient (Wildman–Crippen LogP) is 3.48. The molecule has 0 atom stereocenters. The number of hydrogen-bond acceptors (Lipinski definition) is 1. The third-order valence-corrected chi connectivity index (χ3v) is 4.70. The van der Waals surface area contributed by atoms with Gasteiger partial charge < -0.3 is 5.11 Å². The quantitative estimate of drug-likeness (QED) is 0.848. The van der Waals surface area contributed by atoms with E-state index >= 15 is 0 Å². The molecular weight excluding hydrogens is 256 g/mol. The Morgan fingerprint density at radius 2 is 1.43 bits per heavy atom. The van der Waals surface area contributed by atoms with Crippen LogP contribution < -0.4 is 10.4 Å². The average Bonchev–Trinajstić information content (AvgIpc) is 2.45. The molecule has 0 radical (unpaired) electrons. The highest BCUT2D eigenvalue weighted by molar-refractivity contribution is 5.61. The lowest BCUT2D eigenvalue weighted by atomic mass is 9.95. The van der Waals surface area contributed by atoms with E-state index in [-0.39, 0.29) is 0 Å². The van der Waals surface area contributed by atoms with Crippen LogP contribution in [-0.2, 0) is 0 Å². The maximum atomic E-state index is 10.0. The number of aromatic hydroxyl groups is 1. The number of rotatable bonds is 1. The predicted molar refractivity (Wildman–Crippen MR) is 91.3 cm³/mol. The van der Waals surface area contributed by atoms with Gasteiger partial charge in [0.25, 0.3) is 0 Å². The molecule has 0 aromatic heterocycles. The summed E-state index contributed by atoms with van der Waals surface area (Å²) in [4.78, 5) is 0. The summed E-state index contributed by atoms with van der Waals surface area (Å²) >= 11 is 0. The summed E-state index contributed by atoms with van der Waals surface area (Å²) in [5.41, 5.74) is 7.92. The van der Waals surface area contributed by atoms with Crippen LogP contribution in [-0.4, -0.2) is 5.11 Å². The molecule has 2 rings (SSSR count). The largest absolute Gasteiger partial charge is 0.507 e. The van der Waals surface area contributed by atoms with E-state index in [1.165, 1.54) is 27.5 Å². The Kier molecular flexibility index (Phi) is 3.95. The lowest BCUT2D eigenvalue weighted by Gasteiger charge is -2.11. The van der Waals surface area contributed by atoms with Crippen molar-refractivity contribution < 1.29 is 5.11 Å². The Labute approximate surface area is 127 Å². The first kappa shape index (κ1) is 15.4. The third kappa shape index (κ3) is 2.61. The molecule has 0 bridgehead atoms. The summed E-state index contributed by atoms with van der Waals surface area (Å²) in [5, 5.41) is 12.4. The molecule has 0 heterocycles. The zero-order chi connectivity index (χ0) is 15.9. The summed E-state index contributed by atoms with van der Waals surface area (Å²) in [7, 11) is 0. The van der Waals surface area contributed by atoms with Gasteiger partial charge in [-0.3, -0.25) is 0 Å². The van der Waals surface area contributed by atoms with Crippen LogP contribution in [0.5, 0.6) is 5.75 Å². The molecule has 0 saturated carbocycles. The molecular formula is C20H24O. The SMILES string of the molecule is C=c1c(C)c/c(=C\c2cc(C)c(O)c(C)c2C)c(C)c1C. The second-order valence-corrected chi connectivity index (χ2v) is 6.04. The van der Waals surface area contributed by atoms with E-state index in [2.05, 4.69) is 52.5 Å². The smallest absolute Gasteiger partial charge is 0.121 e. The first-order valence-electron chi connectivity index (χ1n) is 7.31. The number of phenols is 1. The summed E-state index contributed by atoms with van der Waals surface area (Å²) in [6.45, 7) is 16.5. The van der Waals surface area contributed by atoms with Crippen molar-refractivity contribution in [1.29, 1.82) is 0 Å². The molecule has 0 spiro atoms. The van der Waals surface area contributed by atoms with E-state index in [0.717, 1.165) is 21.9 Å². The van der Waals surface area contributed by atoms with Gasteiger partial charge in [-0.2, -0.15) is 0 Å². The van der Waals surface area contributed by atoms with E-state index in [1.54, 1.807) is 0 Å². The molecule has 0 aliphatic rings. The van der Waals surface area contributed by atoms with Crippen LogP contribution >= 0.6 is 0 Å². The van der Waals surface area contributed by atoms with Gasteiger partial charge in [0, 0.05) is 0 Å². The molecule has 1 N–H and O–H groups in total. The summed E-state index contributed by atoms with van der Waals surface area (Å²) in [6, 6.07) is 4.25. The fourth-order valence-corrected chi connectivity index (χ4v) is 2.73. The lowest BCUT2D eigenvalue weighted by Crippen LogP contribution is -2.19. The van der Waals surface area contributed by atoms with Crippen molar-refractivity contribution >= 4 is 12.7 Å². The third-order valence-electron chi connectivity index (χ3n) is 4.70. The molecule has 0 amide bonds. The highest BCUT2D eigenvalue weighted by Crippen LogP contribution is 2.27. The minimum absolute atomic E-state index is 0.404. The second kappa shape index (κ2) is 5.40. The molecule has 0 fully saturated rings. The van der Waals surface area contributed by atoms with Crippen LogP contribution in [0.15, 0.2) is 12.1 Å². The average molecular weight is 280 g/mol. The van der Waals surface area contributed by atoms with E-state index < -0.39 is 0 Å². The molecule has 1 nitrogen and oxygen atoms in total. The van der Waals surface area contributed by atoms with Gasteiger partial charge in [0.2, 0.25) is 0 Å². The minimum Gasteiger partial charge on any atom is -0.507 e. The van der Waals surface area contributed by atoms with Crippen molar-refractivity contribution in [2.45, 2.75) is 41.5 Å². The van der Waals surface area contributed by atoms with Crippen LogP contribution in [0.3, 0.4) is 0 Å². The van der Waals surface area contributed by atoms with Gasteiger partial charge >= 0.3 is 0 Å². The first-order chi connectivity index (χ1) is 9.73. The molecule has 2 aromatic carbocycles. The summed E-state index contributed by atoms with van der Waals surface area (Å²) in [6.07, 6.45) is 2.21. The summed E-state index contributed by atoms with van der Waals surface area (Å²) < 4.78 is 0. The van der Waals surface area contributed by atoms with Crippen molar-refractivity contribution in [2.75, 3.05) is 0 Å². The Morgan fingerprint density at radius 3 is 2.05 bits per heavy atom. The van der Waals surface area contributed by atoms with Crippen molar-refractivity contribution in [3.05, 3.63) is 61.5 Å². The van der Waals surface area contributed by atoms with Crippen molar-refractivity contribution in [2.24, 2.45) is 0 Å². The standard InChI is InChI=1S/C20H24O/c1-11-8-18(15(5)14(4)13(11)3)10-19-9-12(2)20(21)17(7)16(19)6/h8-10,21H,3H2,1-2,4-7H3/b18-10+. The summed E-state index contributed by atoms with van der Waals surface area (Å²) in [5.74, 6) is 0.404. The molecule has 0 aliphatic heterocycles. The maximum absolute atomic E-state index is 10.0. The van der Waals surface area contributed by atoms with Gasteiger partial charge in [-0.25, -0.2) is 0 Å². The number of aryl methyl sites for hydroxylation is 2. The normalized spacial score (nSPS) is 12.0. The Hall–Kier alpha value is -2.02. The molecule has 1 heteroatoms. The molecule has 21 heavy (non-hydrogen) atoms. The Balaban J connectivity index is 2.80. The van der Waals surface area contributed by atoms with Gasteiger partial charge in [-0.05, 0) is 103 Å². The monoisotopic (exact) mass is 280 g/mol. The first-order valence-corrected chi connectivity index (χ1v) is 7.31. The zero-order valence-electron chi connectivity index (χ0n) is 13.9. The minimum atomic E-state index is 0.404. The van der Waals surface area contributed by atoms with E-state index in [9.17, 15) is 5.11 Å². The highest BCUT2D eigenvalue weighted by Gasteiger charge is 2.08. The molecule has 0 aliphatic carbocycles. The van der Waals surface area contributed by atoms with Crippen LogP contribution in [0.4, 0.5) is 0 Å².